The maximum Gasteiger partial charge on any atom is 0.258 e. The SMILES string of the molecule is O=C(COc1ccc(C2c3[nH]c4ccc(Cl)cc4c3CCN2COc2ccc(F)cc2)cc1)NCCO. The average molecular weight is 524 g/mol. The second kappa shape index (κ2) is 11.2. The molecule has 4 aromatic rings. The smallest absolute Gasteiger partial charge is 0.258 e. The van der Waals surface area contributed by atoms with E-state index in [9.17, 15) is 9.18 Å². The number of carbonyl (C=O) groups excluding carboxylic acids is 1. The maximum absolute atomic E-state index is 13.3. The lowest BCUT2D eigenvalue weighted by atomic mass is 9.93. The van der Waals surface area contributed by atoms with Gasteiger partial charge in [-0.2, -0.15) is 0 Å². The molecule has 0 spiro atoms. The highest BCUT2D eigenvalue weighted by Crippen LogP contribution is 2.39. The molecular weight excluding hydrogens is 497 g/mol. The topological polar surface area (TPSA) is 86.8 Å². The number of ether oxygens (including phenoxy) is 2. The van der Waals surface area contributed by atoms with Crippen LogP contribution in [0.25, 0.3) is 10.9 Å². The van der Waals surface area contributed by atoms with Gasteiger partial charge < -0.3 is 24.9 Å². The second-order valence-corrected chi connectivity index (χ2v) is 9.27. The van der Waals surface area contributed by atoms with Gasteiger partial charge in [-0.05, 0) is 72.1 Å². The molecule has 1 aliphatic heterocycles. The third kappa shape index (κ3) is 5.72. The minimum absolute atomic E-state index is 0.120. The van der Waals surface area contributed by atoms with Crippen LogP contribution in [-0.2, 0) is 11.2 Å². The van der Waals surface area contributed by atoms with Gasteiger partial charge in [0.2, 0.25) is 0 Å². The van der Waals surface area contributed by atoms with Crippen LogP contribution in [0.1, 0.15) is 22.9 Å². The van der Waals surface area contributed by atoms with Crippen LogP contribution >= 0.6 is 11.6 Å². The Hall–Kier alpha value is -3.59. The van der Waals surface area contributed by atoms with Crippen LogP contribution in [0.3, 0.4) is 0 Å². The number of rotatable bonds is 9. The number of hydrogen-bond donors (Lipinski definition) is 3. The standard InChI is InChI=1S/C28H27ClFN3O4/c29-19-3-10-25-24(15-19)23-11-13-33(17-37-22-8-4-20(30)5-9-22)28(27(23)32-25)18-1-6-21(7-2-18)36-16-26(35)31-12-14-34/h1-10,15,28,32,34H,11-14,16-17H2,(H,31,35). The number of aromatic nitrogens is 1. The number of halogens is 2. The van der Waals surface area contributed by atoms with E-state index in [-0.39, 0.29) is 37.5 Å². The lowest BCUT2D eigenvalue weighted by molar-refractivity contribution is -0.123. The Morgan fingerprint density at radius 3 is 2.57 bits per heavy atom. The molecule has 0 bridgehead atoms. The first-order chi connectivity index (χ1) is 18.0. The van der Waals surface area contributed by atoms with Gasteiger partial charge in [0.05, 0.1) is 12.6 Å². The van der Waals surface area contributed by atoms with Crippen molar-refractivity contribution in [2.45, 2.75) is 12.5 Å². The quantitative estimate of drug-likeness (QED) is 0.302. The molecule has 37 heavy (non-hydrogen) atoms. The number of carbonyl (C=O) groups is 1. The number of nitrogens with zero attached hydrogens (tertiary/aromatic N) is 1. The van der Waals surface area contributed by atoms with E-state index in [1.807, 2.05) is 42.5 Å². The Balaban J connectivity index is 1.41. The van der Waals surface area contributed by atoms with E-state index in [2.05, 4.69) is 15.2 Å². The van der Waals surface area contributed by atoms with E-state index in [1.165, 1.54) is 17.7 Å². The maximum atomic E-state index is 13.3. The number of hydrogen-bond acceptors (Lipinski definition) is 5. The molecule has 7 nitrogen and oxygen atoms in total. The van der Waals surface area contributed by atoms with Gasteiger partial charge in [-0.15, -0.1) is 0 Å². The average Bonchev–Trinajstić information content (AvgIpc) is 3.28. The molecule has 0 radical (unpaired) electrons. The molecule has 1 unspecified atom stereocenters. The van der Waals surface area contributed by atoms with Crippen LogP contribution in [-0.4, -0.2) is 53.9 Å². The van der Waals surface area contributed by atoms with Crippen LogP contribution in [0.5, 0.6) is 11.5 Å². The van der Waals surface area contributed by atoms with Crippen molar-refractivity contribution in [3.63, 3.8) is 0 Å². The molecule has 0 saturated heterocycles. The van der Waals surface area contributed by atoms with Gasteiger partial charge >= 0.3 is 0 Å². The van der Waals surface area contributed by atoms with Gasteiger partial charge in [-0.3, -0.25) is 9.69 Å². The second-order valence-electron chi connectivity index (χ2n) is 8.83. The van der Waals surface area contributed by atoms with Crippen LogP contribution in [0.4, 0.5) is 4.39 Å². The van der Waals surface area contributed by atoms with Crippen molar-refractivity contribution in [2.75, 3.05) is 33.0 Å². The van der Waals surface area contributed by atoms with Gasteiger partial charge in [-0.25, -0.2) is 4.39 Å². The predicted octanol–water partition coefficient (Wildman–Crippen LogP) is 4.43. The highest BCUT2D eigenvalue weighted by atomic mass is 35.5. The molecule has 0 aliphatic carbocycles. The van der Waals surface area contributed by atoms with Gasteiger partial charge in [0.25, 0.3) is 5.91 Å². The van der Waals surface area contributed by atoms with Crippen molar-refractivity contribution in [3.8, 4) is 11.5 Å². The van der Waals surface area contributed by atoms with Crippen molar-refractivity contribution in [2.24, 2.45) is 0 Å². The molecule has 0 fully saturated rings. The van der Waals surface area contributed by atoms with Crippen molar-refractivity contribution in [3.05, 3.63) is 94.4 Å². The summed E-state index contributed by atoms with van der Waals surface area (Å²) in [5.74, 6) is 0.558. The van der Waals surface area contributed by atoms with E-state index in [0.29, 0.717) is 23.3 Å². The van der Waals surface area contributed by atoms with Gasteiger partial charge in [0.1, 0.15) is 24.0 Å². The fraction of sp³-hybridized carbons (Fsp3) is 0.250. The summed E-state index contributed by atoms with van der Waals surface area (Å²) in [6, 6.07) is 19.4. The summed E-state index contributed by atoms with van der Waals surface area (Å²) in [5.41, 5.74) is 4.35. The zero-order valence-corrected chi connectivity index (χ0v) is 20.8. The zero-order chi connectivity index (χ0) is 25.8. The van der Waals surface area contributed by atoms with Gasteiger partial charge in [0.15, 0.2) is 6.61 Å². The number of aromatic amines is 1. The summed E-state index contributed by atoms with van der Waals surface area (Å²) in [5, 5.41) is 13.2. The zero-order valence-electron chi connectivity index (χ0n) is 20.0. The number of aliphatic hydroxyl groups excluding tert-OH is 1. The minimum Gasteiger partial charge on any atom is -0.484 e. The summed E-state index contributed by atoms with van der Waals surface area (Å²) >= 11 is 6.30. The van der Waals surface area contributed by atoms with E-state index in [4.69, 9.17) is 26.2 Å². The van der Waals surface area contributed by atoms with Gasteiger partial charge in [-0.1, -0.05) is 23.7 Å². The fourth-order valence-corrected chi connectivity index (χ4v) is 4.83. The summed E-state index contributed by atoms with van der Waals surface area (Å²) in [7, 11) is 0. The Bertz CT molecular complexity index is 1370. The Labute approximate surface area is 218 Å². The monoisotopic (exact) mass is 523 g/mol. The highest BCUT2D eigenvalue weighted by molar-refractivity contribution is 6.31. The molecule has 3 N–H and O–H groups in total. The van der Waals surface area contributed by atoms with E-state index in [1.54, 1.807) is 12.1 Å². The molecule has 1 aromatic heterocycles. The third-order valence-corrected chi connectivity index (χ3v) is 6.63. The first-order valence-electron chi connectivity index (χ1n) is 12.0. The molecule has 1 amide bonds. The number of amides is 1. The number of nitrogens with one attached hydrogen (secondary N) is 2. The summed E-state index contributed by atoms with van der Waals surface area (Å²) in [4.78, 5) is 17.6. The molecule has 0 saturated carbocycles. The molecule has 5 rings (SSSR count). The first kappa shape index (κ1) is 25.1. The van der Waals surface area contributed by atoms with Gasteiger partial charge in [0, 0.05) is 34.7 Å². The summed E-state index contributed by atoms with van der Waals surface area (Å²) < 4.78 is 24.9. The van der Waals surface area contributed by atoms with Crippen LogP contribution in [0.15, 0.2) is 66.7 Å². The van der Waals surface area contributed by atoms with E-state index >= 15 is 0 Å². The lowest BCUT2D eigenvalue weighted by Crippen LogP contribution is -2.38. The van der Waals surface area contributed by atoms with Crippen molar-refractivity contribution in [1.82, 2.24) is 15.2 Å². The highest BCUT2D eigenvalue weighted by Gasteiger charge is 2.32. The van der Waals surface area contributed by atoms with Crippen LogP contribution < -0.4 is 14.8 Å². The summed E-state index contributed by atoms with van der Waals surface area (Å²) in [6.07, 6.45) is 0.823. The van der Waals surface area contributed by atoms with E-state index in [0.717, 1.165) is 35.1 Å². The Kier molecular flexibility index (Phi) is 7.60. The lowest BCUT2D eigenvalue weighted by Gasteiger charge is -2.35. The van der Waals surface area contributed by atoms with Crippen molar-refractivity contribution < 1.29 is 23.8 Å². The van der Waals surface area contributed by atoms with Crippen molar-refractivity contribution >= 4 is 28.4 Å². The molecule has 192 valence electrons. The normalized spacial score (nSPS) is 15.4. The minimum atomic E-state index is -0.308. The first-order valence-corrected chi connectivity index (χ1v) is 12.4. The predicted molar refractivity (Wildman–Crippen MR) is 139 cm³/mol. The number of aliphatic hydroxyl groups is 1. The van der Waals surface area contributed by atoms with Crippen LogP contribution in [0, 0.1) is 5.82 Å². The number of fused-ring (bicyclic) bond motifs is 3. The molecule has 1 atom stereocenters. The Morgan fingerprint density at radius 2 is 1.81 bits per heavy atom. The molecule has 9 heteroatoms. The van der Waals surface area contributed by atoms with E-state index < -0.39 is 0 Å². The van der Waals surface area contributed by atoms with Crippen LogP contribution in [0.2, 0.25) is 5.02 Å². The van der Waals surface area contributed by atoms with Crippen molar-refractivity contribution in [1.29, 1.82) is 0 Å². The molecular formula is C28H27ClFN3O4. The third-order valence-electron chi connectivity index (χ3n) is 6.40. The number of benzene rings is 3. The molecule has 2 heterocycles. The molecule has 1 aliphatic rings. The largest absolute Gasteiger partial charge is 0.484 e. The molecule has 3 aromatic carbocycles. The fourth-order valence-electron chi connectivity index (χ4n) is 4.66. The Morgan fingerprint density at radius 1 is 1.08 bits per heavy atom. The number of H-pyrrole nitrogens is 1. The summed E-state index contributed by atoms with van der Waals surface area (Å²) in [6.45, 7) is 1.01.